The third-order valence-electron chi connectivity index (χ3n) is 6.19. The number of halogens is 1. The molecule has 0 amide bonds. The second kappa shape index (κ2) is 13.3. The second-order valence-corrected chi connectivity index (χ2v) is 8.59. The molecule has 0 saturated carbocycles. The standard InChI is InChI=1S/C24H37N7O.HI/c1-3-25-24(31-15-16-32-23(20-31)22-17-27-28(2)19-22)26-9-10-29-11-13-30(14-12-29)18-21-7-5-4-6-8-21;/h4-8,17,19,23H,3,9-16,18,20H2,1-2H3,(H,25,26);1H. The lowest BCUT2D eigenvalue weighted by Gasteiger charge is -2.35. The van der Waals surface area contributed by atoms with Crippen LogP contribution in [0.5, 0.6) is 0 Å². The van der Waals surface area contributed by atoms with Gasteiger partial charge in [0.2, 0.25) is 0 Å². The molecule has 1 N–H and O–H groups in total. The number of aryl methyl sites for hydroxylation is 1. The number of hydrogen-bond donors (Lipinski definition) is 1. The van der Waals surface area contributed by atoms with Crippen LogP contribution < -0.4 is 5.32 Å². The first-order chi connectivity index (χ1) is 15.7. The molecule has 2 aromatic rings. The summed E-state index contributed by atoms with van der Waals surface area (Å²) >= 11 is 0. The largest absolute Gasteiger partial charge is 0.370 e. The Labute approximate surface area is 215 Å². The lowest BCUT2D eigenvalue weighted by molar-refractivity contribution is -0.00806. The van der Waals surface area contributed by atoms with Crippen LogP contribution >= 0.6 is 24.0 Å². The number of guanidine groups is 1. The Balaban J connectivity index is 0.00000306. The number of aliphatic imine (C=N–C) groups is 1. The summed E-state index contributed by atoms with van der Waals surface area (Å²) in [5, 5.41) is 7.77. The molecule has 8 nitrogen and oxygen atoms in total. The summed E-state index contributed by atoms with van der Waals surface area (Å²) in [5.41, 5.74) is 2.53. The molecule has 1 unspecified atom stereocenters. The molecule has 2 aliphatic rings. The minimum absolute atomic E-state index is 0. The number of rotatable bonds is 7. The Kier molecular flexibility index (Phi) is 10.4. The smallest absolute Gasteiger partial charge is 0.194 e. The minimum atomic E-state index is 0. The van der Waals surface area contributed by atoms with Crippen molar-refractivity contribution >= 4 is 29.9 Å². The molecular formula is C24H38IN7O. The number of piperazine rings is 1. The summed E-state index contributed by atoms with van der Waals surface area (Å²) in [4.78, 5) is 12.4. The number of ether oxygens (including phenoxy) is 1. The van der Waals surface area contributed by atoms with Crippen LogP contribution in [0.15, 0.2) is 47.7 Å². The molecule has 0 aliphatic carbocycles. The molecule has 2 aliphatic heterocycles. The summed E-state index contributed by atoms with van der Waals surface area (Å²) in [6, 6.07) is 10.8. The van der Waals surface area contributed by atoms with Crippen LogP contribution in [0.4, 0.5) is 0 Å². The molecule has 2 fully saturated rings. The fourth-order valence-corrected chi connectivity index (χ4v) is 4.39. The van der Waals surface area contributed by atoms with E-state index in [9.17, 15) is 0 Å². The van der Waals surface area contributed by atoms with E-state index in [4.69, 9.17) is 9.73 Å². The highest BCUT2D eigenvalue weighted by Crippen LogP contribution is 2.21. The average Bonchev–Trinajstić information content (AvgIpc) is 3.27. The van der Waals surface area contributed by atoms with Crippen molar-refractivity contribution in [3.63, 3.8) is 0 Å². The van der Waals surface area contributed by atoms with Gasteiger partial charge in [-0.3, -0.25) is 19.5 Å². The minimum Gasteiger partial charge on any atom is -0.370 e. The van der Waals surface area contributed by atoms with Crippen LogP contribution in [0, 0.1) is 0 Å². The third-order valence-corrected chi connectivity index (χ3v) is 6.19. The van der Waals surface area contributed by atoms with Gasteiger partial charge in [0.1, 0.15) is 6.10 Å². The van der Waals surface area contributed by atoms with Crippen LogP contribution in [0.2, 0.25) is 0 Å². The van der Waals surface area contributed by atoms with E-state index < -0.39 is 0 Å². The lowest BCUT2D eigenvalue weighted by atomic mass is 10.1. The van der Waals surface area contributed by atoms with Crippen molar-refractivity contribution in [1.82, 2.24) is 29.8 Å². The topological polar surface area (TPSA) is 61.2 Å². The maximum absolute atomic E-state index is 6.00. The Morgan fingerprint density at radius 3 is 2.58 bits per heavy atom. The van der Waals surface area contributed by atoms with Crippen LogP contribution in [0.25, 0.3) is 0 Å². The fourth-order valence-electron chi connectivity index (χ4n) is 4.39. The van der Waals surface area contributed by atoms with E-state index in [0.717, 1.165) is 77.0 Å². The number of nitrogens with one attached hydrogen (secondary N) is 1. The Morgan fingerprint density at radius 1 is 1.12 bits per heavy atom. The maximum atomic E-state index is 6.00. The predicted octanol–water partition coefficient (Wildman–Crippen LogP) is 2.19. The van der Waals surface area contributed by atoms with E-state index in [-0.39, 0.29) is 30.1 Å². The quantitative estimate of drug-likeness (QED) is 0.315. The monoisotopic (exact) mass is 567 g/mol. The number of morpholine rings is 1. The second-order valence-electron chi connectivity index (χ2n) is 8.59. The van der Waals surface area contributed by atoms with Gasteiger partial charge in [0, 0.05) is 71.2 Å². The van der Waals surface area contributed by atoms with Crippen LogP contribution in [-0.4, -0.2) is 95.9 Å². The van der Waals surface area contributed by atoms with Gasteiger partial charge in [-0.1, -0.05) is 30.3 Å². The van der Waals surface area contributed by atoms with Crippen molar-refractivity contribution < 1.29 is 4.74 Å². The highest BCUT2D eigenvalue weighted by molar-refractivity contribution is 14.0. The van der Waals surface area contributed by atoms with Crippen LogP contribution in [-0.2, 0) is 18.3 Å². The molecule has 1 aromatic heterocycles. The van der Waals surface area contributed by atoms with Gasteiger partial charge in [-0.05, 0) is 12.5 Å². The van der Waals surface area contributed by atoms with Gasteiger partial charge in [0.05, 0.1) is 25.9 Å². The van der Waals surface area contributed by atoms with Gasteiger partial charge in [0.25, 0.3) is 0 Å². The summed E-state index contributed by atoms with van der Waals surface area (Å²) in [7, 11) is 1.94. The first-order valence-electron chi connectivity index (χ1n) is 11.8. The van der Waals surface area contributed by atoms with Crippen LogP contribution in [0.1, 0.15) is 24.2 Å². The highest BCUT2D eigenvalue weighted by atomic mass is 127. The Morgan fingerprint density at radius 2 is 1.88 bits per heavy atom. The number of nitrogens with zero attached hydrogens (tertiary/aromatic N) is 6. The van der Waals surface area contributed by atoms with E-state index in [1.807, 2.05) is 24.1 Å². The van der Waals surface area contributed by atoms with Gasteiger partial charge in [0.15, 0.2) is 5.96 Å². The van der Waals surface area contributed by atoms with E-state index >= 15 is 0 Å². The van der Waals surface area contributed by atoms with Crippen molar-refractivity contribution in [1.29, 1.82) is 0 Å². The summed E-state index contributed by atoms with van der Waals surface area (Å²) in [6.45, 7) is 12.7. The molecule has 0 spiro atoms. The molecule has 0 bridgehead atoms. The van der Waals surface area contributed by atoms with E-state index in [2.05, 4.69) is 62.4 Å². The number of benzene rings is 1. The SMILES string of the molecule is CCNC(=NCCN1CCN(Cc2ccccc2)CC1)N1CCOC(c2cnn(C)c2)C1.I. The van der Waals surface area contributed by atoms with Crippen LogP contribution in [0.3, 0.4) is 0 Å². The van der Waals surface area contributed by atoms with Gasteiger partial charge in [-0.25, -0.2) is 0 Å². The zero-order valence-electron chi connectivity index (χ0n) is 19.9. The first-order valence-corrected chi connectivity index (χ1v) is 11.8. The summed E-state index contributed by atoms with van der Waals surface area (Å²) < 4.78 is 7.83. The average molecular weight is 568 g/mol. The van der Waals surface area contributed by atoms with Gasteiger partial charge in [-0.2, -0.15) is 5.10 Å². The van der Waals surface area contributed by atoms with E-state index in [1.54, 1.807) is 0 Å². The zero-order chi connectivity index (χ0) is 22.2. The maximum Gasteiger partial charge on any atom is 0.194 e. The zero-order valence-corrected chi connectivity index (χ0v) is 22.2. The molecule has 33 heavy (non-hydrogen) atoms. The van der Waals surface area contributed by atoms with Crippen molar-refractivity contribution in [2.75, 3.05) is 65.5 Å². The normalized spacial score (nSPS) is 20.5. The van der Waals surface area contributed by atoms with Crippen molar-refractivity contribution in [2.45, 2.75) is 19.6 Å². The molecular weight excluding hydrogens is 529 g/mol. The summed E-state index contributed by atoms with van der Waals surface area (Å²) in [6.07, 6.45) is 3.98. The van der Waals surface area contributed by atoms with Gasteiger partial charge >= 0.3 is 0 Å². The molecule has 0 radical (unpaired) electrons. The molecule has 1 atom stereocenters. The van der Waals surface area contributed by atoms with E-state index in [1.165, 1.54) is 5.56 Å². The highest BCUT2D eigenvalue weighted by Gasteiger charge is 2.25. The predicted molar refractivity (Wildman–Crippen MR) is 143 cm³/mol. The first kappa shape index (κ1) is 25.9. The van der Waals surface area contributed by atoms with Crippen molar-refractivity contribution in [3.8, 4) is 0 Å². The number of hydrogen-bond acceptors (Lipinski definition) is 5. The fraction of sp³-hybridized carbons (Fsp3) is 0.583. The van der Waals surface area contributed by atoms with Crippen molar-refractivity contribution in [3.05, 3.63) is 53.9 Å². The number of aromatic nitrogens is 2. The lowest BCUT2D eigenvalue weighted by Crippen LogP contribution is -2.49. The molecule has 182 valence electrons. The third kappa shape index (κ3) is 7.66. The molecule has 2 saturated heterocycles. The Bertz CT molecular complexity index is 852. The molecule has 3 heterocycles. The van der Waals surface area contributed by atoms with Gasteiger partial charge in [-0.15, -0.1) is 24.0 Å². The molecule has 9 heteroatoms. The summed E-state index contributed by atoms with van der Waals surface area (Å²) in [5.74, 6) is 0.993. The Hall–Kier alpha value is -1.69. The molecule has 4 rings (SSSR count). The molecule has 1 aromatic carbocycles. The van der Waals surface area contributed by atoms with Crippen molar-refractivity contribution in [2.24, 2.45) is 12.0 Å². The van der Waals surface area contributed by atoms with E-state index in [0.29, 0.717) is 6.61 Å². The van der Waals surface area contributed by atoms with Gasteiger partial charge < -0.3 is 15.0 Å².